The zero-order valence-electron chi connectivity index (χ0n) is 12.8. The van der Waals surface area contributed by atoms with Crippen molar-refractivity contribution in [2.75, 3.05) is 0 Å². The summed E-state index contributed by atoms with van der Waals surface area (Å²) in [6.07, 6.45) is 2.39. The molecule has 0 aliphatic rings. The maximum absolute atomic E-state index is 11.5. The Balaban J connectivity index is 2.43. The minimum Gasteiger partial charge on any atom is -0.480 e. The molecule has 0 saturated carbocycles. The normalized spacial score (nSPS) is 11.7. The Morgan fingerprint density at radius 3 is 1.91 bits per heavy atom. The van der Waals surface area contributed by atoms with E-state index in [0.29, 0.717) is 6.42 Å². The van der Waals surface area contributed by atoms with Crippen LogP contribution >= 0.6 is 0 Å². The molecule has 22 heavy (non-hydrogen) atoms. The van der Waals surface area contributed by atoms with Crippen molar-refractivity contribution < 1.29 is 9.90 Å². The molecule has 0 aliphatic carbocycles. The second-order valence-corrected chi connectivity index (χ2v) is 5.21. The minimum absolute atomic E-state index is 0.564. The van der Waals surface area contributed by atoms with Gasteiger partial charge in [0.2, 0.25) is 0 Å². The molecule has 0 radical (unpaired) electrons. The van der Waals surface area contributed by atoms with Crippen LogP contribution in [-0.2, 0) is 4.79 Å². The molecule has 0 heterocycles. The van der Waals surface area contributed by atoms with E-state index in [4.69, 9.17) is 0 Å². The standard InChI is InChI=1S/C19H21NO2/c1-2-3-14-17(19(21)22)20-18(15-10-6-4-7-11-15)16-12-8-5-9-13-16/h4-13,17H,2-3,14H2,1H3,(H,21,22). The zero-order chi connectivity index (χ0) is 15.8. The third kappa shape index (κ3) is 4.29. The topological polar surface area (TPSA) is 49.7 Å². The molecule has 0 amide bonds. The SMILES string of the molecule is CCCCC(N=C(c1ccccc1)c1ccccc1)C(=O)O. The van der Waals surface area contributed by atoms with Crippen molar-refractivity contribution in [3.05, 3.63) is 71.8 Å². The summed E-state index contributed by atoms with van der Waals surface area (Å²) >= 11 is 0. The van der Waals surface area contributed by atoms with Crippen LogP contribution in [0.15, 0.2) is 65.7 Å². The molecule has 0 aromatic heterocycles. The average molecular weight is 295 g/mol. The van der Waals surface area contributed by atoms with Gasteiger partial charge < -0.3 is 5.11 Å². The lowest BCUT2D eigenvalue weighted by Gasteiger charge is -2.12. The molecule has 1 atom stereocenters. The Labute approximate surface area is 131 Å². The van der Waals surface area contributed by atoms with Gasteiger partial charge in [-0.1, -0.05) is 80.4 Å². The second-order valence-electron chi connectivity index (χ2n) is 5.21. The van der Waals surface area contributed by atoms with Gasteiger partial charge in [0.15, 0.2) is 0 Å². The number of carboxylic acids is 1. The van der Waals surface area contributed by atoms with Gasteiger partial charge in [0.1, 0.15) is 6.04 Å². The van der Waals surface area contributed by atoms with Crippen molar-refractivity contribution in [3.63, 3.8) is 0 Å². The van der Waals surface area contributed by atoms with E-state index in [-0.39, 0.29) is 0 Å². The predicted octanol–water partition coefficient (Wildman–Crippen LogP) is 4.17. The van der Waals surface area contributed by atoms with Crippen molar-refractivity contribution in [2.24, 2.45) is 4.99 Å². The maximum Gasteiger partial charge on any atom is 0.328 e. The summed E-state index contributed by atoms with van der Waals surface area (Å²) in [5, 5.41) is 9.44. The number of benzene rings is 2. The molecule has 1 N–H and O–H groups in total. The van der Waals surface area contributed by atoms with Crippen LogP contribution in [0.5, 0.6) is 0 Å². The fraction of sp³-hybridized carbons (Fsp3) is 0.263. The van der Waals surface area contributed by atoms with Crippen LogP contribution in [0.25, 0.3) is 0 Å². The number of carbonyl (C=O) groups is 1. The molecule has 2 rings (SSSR count). The lowest BCUT2D eigenvalue weighted by molar-refractivity contribution is -0.138. The smallest absolute Gasteiger partial charge is 0.328 e. The van der Waals surface area contributed by atoms with Gasteiger partial charge in [-0.2, -0.15) is 0 Å². The summed E-state index contributed by atoms with van der Waals surface area (Å²) in [5.74, 6) is -0.863. The Hall–Kier alpha value is -2.42. The summed E-state index contributed by atoms with van der Waals surface area (Å²) in [7, 11) is 0. The molecule has 0 fully saturated rings. The van der Waals surface area contributed by atoms with Gasteiger partial charge in [0.05, 0.1) is 5.71 Å². The molecular weight excluding hydrogens is 274 g/mol. The lowest BCUT2D eigenvalue weighted by atomic mass is 10.0. The third-order valence-corrected chi connectivity index (χ3v) is 3.50. The number of hydrogen-bond acceptors (Lipinski definition) is 2. The molecule has 3 nitrogen and oxygen atoms in total. The number of unbranched alkanes of at least 4 members (excludes halogenated alkanes) is 1. The average Bonchev–Trinajstić information content (AvgIpc) is 2.56. The molecule has 2 aromatic rings. The Bertz CT molecular complexity index is 579. The van der Waals surface area contributed by atoms with Crippen LogP contribution in [-0.4, -0.2) is 22.8 Å². The minimum atomic E-state index is -0.863. The van der Waals surface area contributed by atoms with E-state index in [9.17, 15) is 9.90 Å². The van der Waals surface area contributed by atoms with E-state index in [0.717, 1.165) is 29.7 Å². The molecule has 0 bridgehead atoms. The first kappa shape index (κ1) is 16.0. The Kier molecular flexibility index (Phi) is 5.90. The summed E-state index contributed by atoms with van der Waals surface area (Å²) in [4.78, 5) is 16.1. The van der Waals surface area contributed by atoms with Gasteiger partial charge in [-0.25, -0.2) is 4.79 Å². The molecule has 1 unspecified atom stereocenters. The molecule has 0 aliphatic heterocycles. The van der Waals surface area contributed by atoms with Gasteiger partial charge in [0.25, 0.3) is 0 Å². The second kappa shape index (κ2) is 8.13. The Morgan fingerprint density at radius 2 is 1.50 bits per heavy atom. The third-order valence-electron chi connectivity index (χ3n) is 3.50. The molecule has 0 saturated heterocycles. The highest BCUT2D eigenvalue weighted by Crippen LogP contribution is 2.14. The van der Waals surface area contributed by atoms with Crippen molar-refractivity contribution in [3.8, 4) is 0 Å². The fourth-order valence-electron chi connectivity index (χ4n) is 2.30. The van der Waals surface area contributed by atoms with E-state index in [1.165, 1.54) is 0 Å². The number of hydrogen-bond donors (Lipinski definition) is 1. The van der Waals surface area contributed by atoms with Crippen LogP contribution in [0.4, 0.5) is 0 Å². The zero-order valence-corrected chi connectivity index (χ0v) is 12.8. The van der Waals surface area contributed by atoms with E-state index in [2.05, 4.69) is 11.9 Å². The van der Waals surface area contributed by atoms with E-state index >= 15 is 0 Å². The van der Waals surface area contributed by atoms with Crippen LogP contribution in [0, 0.1) is 0 Å². The highest BCUT2D eigenvalue weighted by atomic mass is 16.4. The number of rotatable bonds is 7. The van der Waals surface area contributed by atoms with Gasteiger partial charge in [-0.05, 0) is 6.42 Å². The number of carboxylic acid groups (broad SMARTS) is 1. The fourth-order valence-corrected chi connectivity index (χ4v) is 2.30. The van der Waals surface area contributed by atoms with Crippen LogP contribution in [0.1, 0.15) is 37.3 Å². The Morgan fingerprint density at radius 1 is 1.00 bits per heavy atom. The molecular formula is C19H21NO2. The number of nitrogens with zero attached hydrogens (tertiary/aromatic N) is 1. The molecule has 2 aromatic carbocycles. The summed E-state index contributed by atoms with van der Waals surface area (Å²) in [6.45, 7) is 2.05. The van der Waals surface area contributed by atoms with E-state index < -0.39 is 12.0 Å². The van der Waals surface area contributed by atoms with E-state index in [1.807, 2.05) is 60.7 Å². The first-order valence-electron chi connectivity index (χ1n) is 7.63. The highest BCUT2D eigenvalue weighted by molar-refractivity contribution is 6.13. The lowest BCUT2D eigenvalue weighted by Crippen LogP contribution is -2.20. The van der Waals surface area contributed by atoms with Gasteiger partial charge in [-0.15, -0.1) is 0 Å². The van der Waals surface area contributed by atoms with Crippen LogP contribution < -0.4 is 0 Å². The van der Waals surface area contributed by atoms with E-state index in [1.54, 1.807) is 0 Å². The molecule has 114 valence electrons. The van der Waals surface area contributed by atoms with Crippen LogP contribution in [0.2, 0.25) is 0 Å². The van der Waals surface area contributed by atoms with Gasteiger partial charge in [0, 0.05) is 11.1 Å². The first-order chi connectivity index (χ1) is 10.7. The number of aliphatic carboxylic acids is 1. The quantitative estimate of drug-likeness (QED) is 0.779. The van der Waals surface area contributed by atoms with Crippen molar-refractivity contribution >= 4 is 11.7 Å². The first-order valence-corrected chi connectivity index (χ1v) is 7.63. The van der Waals surface area contributed by atoms with Crippen molar-refractivity contribution in [1.82, 2.24) is 0 Å². The maximum atomic E-state index is 11.5. The summed E-state index contributed by atoms with van der Waals surface area (Å²) < 4.78 is 0. The highest BCUT2D eigenvalue weighted by Gasteiger charge is 2.18. The monoisotopic (exact) mass is 295 g/mol. The van der Waals surface area contributed by atoms with Crippen LogP contribution in [0.3, 0.4) is 0 Å². The predicted molar refractivity (Wildman–Crippen MR) is 89.5 cm³/mol. The van der Waals surface area contributed by atoms with Gasteiger partial charge in [-0.3, -0.25) is 4.99 Å². The van der Waals surface area contributed by atoms with Gasteiger partial charge >= 0.3 is 5.97 Å². The van der Waals surface area contributed by atoms with Crippen molar-refractivity contribution in [1.29, 1.82) is 0 Å². The summed E-state index contributed by atoms with van der Waals surface area (Å²) in [5.41, 5.74) is 2.62. The summed E-state index contributed by atoms with van der Waals surface area (Å²) in [6, 6.07) is 18.8. The number of aliphatic imine (C=N–C) groups is 1. The molecule has 0 spiro atoms. The molecule has 3 heteroatoms. The van der Waals surface area contributed by atoms with Crippen molar-refractivity contribution in [2.45, 2.75) is 32.2 Å². The largest absolute Gasteiger partial charge is 0.480 e.